The molecule has 0 fully saturated rings. The summed E-state index contributed by atoms with van der Waals surface area (Å²) < 4.78 is 26.7. The van der Waals surface area contributed by atoms with Crippen LogP contribution in [-0.4, -0.2) is 19.3 Å². The van der Waals surface area contributed by atoms with Gasteiger partial charge < -0.3 is 5.11 Å². The maximum Gasteiger partial charge on any atom is 0.262 e. The van der Waals surface area contributed by atoms with Crippen LogP contribution < -0.4 is 4.72 Å². The fourth-order valence-corrected chi connectivity index (χ4v) is 2.87. The lowest BCUT2D eigenvalue weighted by molar-refractivity contribution is 0.101. The number of rotatable bonds is 4. The van der Waals surface area contributed by atoms with Crippen LogP contribution in [-0.2, 0) is 10.0 Å². The van der Waals surface area contributed by atoms with Crippen LogP contribution in [0.25, 0.3) is 0 Å². The van der Waals surface area contributed by atoms with Gasteiger partial charge in [0.2, 0.25) is 0 Å². The molecule has 2 rings (SSSR count). The van der Waals surface area contributed by atoms with Crippen LogP contribution in [0.15, 0.2) is 47.4 Å². The van der Waals surface area contributed by atoms with Crippen molar-refractivity contribution in [3.8, 4) is 5.75 Å². The van der Waals surface area contributed by atoms with Gasteiger partial charge in [-0.15, -0.1) is 0 Å². The highest BCUT2D eigenvalue weighted by atomic mass is 32.2. The first-order chi connectivity index (χ1) is 9.79. The van der Waals surface area contributed by atoms with E-state index >= 15 is 0 Å². The molecule has 0 aliphatic carbocycles. The number of aryl methyl sites for hydroxylation is 1. The zero-order valence-electron chi connectivity index (χ0n) is 11.6. The van der Waals surface area contributed by atoms with Crippen molar-refractivity contribution >= 4 is 21.5 Å². The number of benzene rings is 2. The molecule has 110 valence electrons. The molecule has 5 nitrogen and oxygen atoms in total. The molecule has 2 N–H and O–H groups in total. The van der Waals surface area contributed by atoms with Gasteiger partial charge in [-0.3, -0.25) is 9.52 Å². The highest BCUT2D eigenvalue weighted by molar-refractivity contribution is 7.92. The van der Waals surface area contributed by atoms with E-state index in [4.69, 9.17) is 0 Å². The van der Waals surface area contributed by atoms with E-state index in [-0.39, 0.29) is 22.1 Å². The van der Waals surface area contributed by atoms with Crippen LogP contribution in [0.2, 0.25) is 0 Å². The average molecular weight is 305 g/mol. The third kappa shape index (κ3) is 3.41. The van der Waals surface area contributed by atoms with Crippen molar-refractivity contribution in [3.63, 3.8) is 0 Å². The Hall–Kier alpha value is -2.34. The molecule has 0 unspecified atom stereocenters. The van der Waals surface area contributed by atoms with Crippen LogP contribution in [0.4, 0.5) is 5.69 Å². The van der Waals surface area contributed by atoms with Crippen molar-refractivity contribution in [2.45, 2.75) is 18.7 Å². The van der Waals surface area contributed by atoms with Crippen molar-refractivity contribution < 1.29 is 18.3 Å². The Bertz CT molecular complexity index is 780. The van der Waals surface area contributed by atoms with E-state index in [1.165, 1.54) is 43.3 Å². The molecular formula is C15H15NO4S. The smallest absolute Gasteiger partial charge is 0.262 e. The predicted molar refractivity (Wildman–Crippen MR) is 80.1 cm³/mol. The number of Topliss-reactive ketones (excluding diaryl/α,β-unsaturated/α-hetero) is 1. The number of carbonyl (C=O) groups is 1. The molecule has 0 heterocycles. The Morgan fingerprint density at radius 1 is 1.10 bits per heavy atom. The topological polar surface area (TPSA) is 83.5 Å². The summed E-state index contributed by atoms with van der Waals surface area (Å²) in [5.74, 6) is -0.276. The molecule has 0 aliphatic rings. The molecule has 0 saturated carbocycles. The number of carbonyl (C=O) groups excluding carboxylic acids is 1. The van der Waals surface area contributed by atoms with Gasteiger partial charge in [0.1, 0.15) is 5.75 Å². The van der Waals surface area contributed by atoms with Gasteiger partial charge in [0.05, 0.1) is 10.6 Å². The van der Waals surface area contributed by atoms with Gasteiger partial charge in [-0.1, -0.05) is 18.2 Å². The summed E-state index contributed by atoms with van der Waals surface area (Å²) in [6.45, 7) is 3.20. The molecule has 2 aromatic rings. The molecule has 0 atom stereocenters. The van der Waals surface area contributed by atoms with Gasteiger partial charge in [0.25, 0.3) is 10.0 Å². The summed E-state index contributed by atoms with van der Waals surface area (Å²) in [6.07, 6.45) is 0. The number of sulfonamides is 1. The van der Waals surface area contributed by atoms with Gasteiger partial charge in [-0.2, -0.15) is 0 Å². The van der Waals surface area contributed by atoms with Crippen LogP contribution in [0.3, 0.4) is 0 Å². The first kappa shape index (κ1) is 15.1. The van der Waals surface area contributed by atoms with E-state index in [1.807, 2.05) is 0 Å². The van der Waals surface area contributed by atoms with Gasteiger partial charge in [0.15, 0.2) is 5.78 Å². The Balaban J connectivity index is 2.31. The van der Waals surface area contributed by atoms with Crippen LogP contribution >= 0.6 is 0 Å². The fourth-order valence-electron chi connectivity index (χ4n) is 1.80. The molecule has 21 heavy (non-hydrogen) atoms. The largest absolute Gasteiger partial charge is 0.506 e. The highest BCUT2D eigenvalue weighted by Crippen LogP contribution is 2.26. The standard InChI is InChI=1S/C15H15NO4S/c1-10-3-8-14(15(18)9-10)16-21(19,20)13-6-4-12(5-7-13)11(2)17/h3-9,16,18H,1-2H3. The monoisotopic (exact) mass is 305 g/mol. The summed E-state index contributed by atoms with van der Waals surface area (Å²) >= 11 is 0. The zero-order valence-corrected chi connectivity index (χ0v) is 12.4. The minimum absolute atomic E-state index is 0.0208. The van der Waals surface area contributed by atoms with E-state index in [1.54, 1.807) is 13.0 Å². The zero-order chi connectivity index (χ0) is 15.6. The number of aromatic hydroxyl groups is 1. The van der Waals surface area contributed by atoms with E-state index in [0.29, 0.717) is 5.56 Å². The van der Waals surface area contributed by atoms with Crippen LogP contribution in [0, 0.1) is 6.92 Å². The SMILES string of the molecule is CC(=O)c1ccc(S(=O)(=O)Nc2ccc(C)cc2O)cc1. The summed E-state index contributed by atoms with van der Waals surface area (Å²) in [6, 6.07) is 10.3. The number of nitrogens with one attached hydrogen (secondary N) is 1. The maximum atomic E-state index is 12.2. The molecule has 0 radical (unpaired) electrons. The van der Waals surface area contributed by atoms with Gasteiger partial charge in [0, 0.05) is 5.56 Å². The lowest BCUT2D eigenvalue weighted by Crippen LogP contribution is -2.13. The lowest BCUT2D eigenvalue weighted by Gasteiger charge is -2.10. The van der Waals surface area contributed by atoms with Crippen molar-refractivity contribution in [2.24, 2.45) is 0 Å². The average Bonchev–Trinajstić information content (AvgIpc) is 2.42. The van der Waals surface area contributed by atoms with Crippen LogP contribution in [0.1, 0.15) is 22.8 Å². The van der Waals surface area contributed by atoms with Crippen molar-refractivity contribution in [2.75, 3.05) is 4.72 Å². The number of hydrogen-bond donors (Lipinski definition) is 2. The first-order valence-electron chi connectivity index (χ1n) is 6.23. The van der Waals surface area contributed by atoms with Gasteiger partial charge in [-0.25, -0.2) is 8.42 Å². The molecule has 0 aliphatic heterocycles. The normalized spacial score (nSPS) is 11.1. The van der Waals surface area contributed by atoms with Crippen molar-refractivity contribution in [1.82, 2.24) is 0 Å². The van der Waals surface area contributed by atoms with Gasteiger partial charge >= 0.3 is 0 Å². The number of anilines is 1. The molecule has 0 amide bonds. The molecule has 0 saturated heterocycles. The van der Waals surface area contributed by atoms with E-state index in [2.05, 4.69) is 4.72 Å². The number of phenols is 1. The second-order valence-electron chi connectivity index (χ2n) is 4.71. The summed E-state index contributed by atoms with van der Waals surface area (Å²) in [5, 5.41) is 9.75. The summed E-state index contributed by atoms with van der Waals surface area (Å²) in [4.78, 5) is 11.2. The number of hydrogen-bond acceptors (Lipinski definition) is 4. The summed E-state index contributed by atoms with van der Waals surface area (Å²) in [7, 11) is -3.81. The molecule has 6 heteroatoms. The number of phenolic OH excluding ortho intramolecular Hbond substituents is 1. The third-order valence-electron chi connectivity index (χ3n) is 2.97. The quantitative estimate of drug-likeness (QED) is 0.672. The van der Waals surface area contributed by atoms with Crippen LogP contribution in [0.5, 0.6) is 5.75 Å². The Labute approximate surface area is 123 Å². The first-order valence-corrected chi connectivity index (χ1v) is 7.71. The Morgan fingerprint density at radius 3 is 2.24 bits per heavy atom. The second kappa shape index (κ2) is 5.57. The minimum Gasteiger partial charge on any atom is -0.506 e. The fraction of sp³-hybridized carbons (Fsp3) is 0.133. The van der Waals surface area contributed by atoms with E-state index < -0.39 is 10.0 Å². The molecule has 0 aromatic heterocycles. The Morgan fingerprint density at radius 2 is 1.71 bits per heavy atom. The lowest BCUT2D eigenvalue weighted by atomic mass is 10.2. The minimum atomic E-state index is -3.81. The molecule has 0 bridgehead atoms. The molecular weight excluding hydrogens is 290 g/mol. The van der Waals surface area contributed by atoms with Crippen molar-refractivity contribution in [3.05, 3.63) is 53.6 Å². The molecule has 0 spiro atoms. The van der Waals surface area contributed by atoms with E-state index in [9.17, 15) is 18.3 Å². The third-order valence-corrected chi connectivity index (χ3v) is 4.35. The summed E-state index contributed by atoms with van der Waals surface area (Å²) in [5.41, 5.74) is 1.37. The second-order valence-corrected chi connectivity index (χ2v) is 6.39. The van der Waals surface area contributed by atoms with Crippen molar-refractivity contribution in [1.29, 1.82) is 0 Å². The van der Waals surface area contributed by atoms with Gasteiger partial charge in [-0.05, 0) is 43.7 Å². The predicted octanol–water partition coefficient (Wildman–Crippen LogP) is 2.70. The molecule has 2 aromatic carbocycles. The Kier molecular flexibility index (Phi) is 3.99. The highest BCUT2D eigenvalue weighted by Gasteiger charge is 2.16. The maximum absolute atomic E-state index is 12.2. The number of ketones is 1. The van der Waals surface area contributed by atoms with E-state index in [0.717, 1.165) is 5.56 Å².